The van der Waals surface area contributed by atoms with Crippen LogP contribution in [0, 0.1) is 5.92 Å². The lowest BCUT2D eigenvalue weighted by atomic mass is 9.77. The van der Waals surface area contributed by atoms with Crippen molar-refractivity contribution in [2.24, 2.45) is 5.92 Å². The minimum Gasteiger partial charge on any atom is -0.477 e. The van der Waals surface area contributed by atoms with Gasteiger partial charge in [-0.15, -0.1) is 0 Å². The number of aromatic nitrogens is 1. The molecule has 3 heterocycles. The first-order valence-corrected chi connectivity index (χ1v) is 10.3. The van der Waals surface area contributed by atoms with Crippen LogP contribution in [0.5, 0.6) is 5.88 Å². The number of sulfonamides is 1. The molecule has 2 saturated heterocycles. The van der Waals surface area contributed by atoms with Crippen molar-refractivity contribution in [3.05, 3.63) is 24.4 Å². The molecular weight excluding hydrogens is 326 g/mol. The summed E-state index contributed by atoms with van der Waals surface area (Å²) in [5.41, 5.74) is -0.0167. The Morgan fingerprint density at radius 1 is 1.38 bits per heavy atom. The van der Waals surface area contributed by atoms with Crippen LogP contribution in [0.4, 0.5) is 0 Å². The van der Waals surface area contributed by atoms with Gasteiger partial charge in [0.25, 0.3) is 0 Å². The van der Waals surface area contributed by atoms with Crippen molar-refractivity contribution in [3.8, 4) is 5.88 Å². The van der Waals surface area contributed by atoms with Gasteiger partial charge in [0.2, 0.25) is 15.9 Å². The first kappa shape index (κ1) is 17.6. The summed E-state index contributed by atoms with van der Waals surface area (Å²) in [4.78, 5) is 6.53. The molecule has 7 heteroatoms. The second-order valence-corrected chi connectivity index (χ2v) is 9.16. The van der Waals surface area contributed by atoms with Crippen LogP contribution in [0.25, 0.3) is 0 Å². The quantitative estimate of drug-likeness (QED) is 0.777. The van der Waals surface area contributed by atoms with Crippen LogP contribution in [0.3, 0.4) is 0 Å². The molecule has 3 rings (SSSR count). The van der Waals surface area contributed by atoms with Gasteiger partial charge in [-0.2, -0.15) is 4.31 Å². The molecule has 0 aromatic carbocycles. The molecule has 0 saturated carbocycles. The molecule has 0 radical (unpaired) electrons. The summed E-state index contributed by atoms with van der Waals surface area (Å²) in [6, 6.07) is 5.66. The number of likely N-dealkylation sites (tertiary alicyclic amines) is 1. The normalized spacial score (nSPS) is 24.7. The molecular formula is C17H27N3O3S. The Bertz CT molecular complexity index is 644. The van der Waals surface area contributed by atoms with Crippen LogP contribution in [0.2, 0.25) is 0 Å². The Kier molecular flexibility index (Phi) is 5.13. The standard InChI is InChI=1S/C17H27N3O3S/c1-3-10-24(21,22)20-13-17(14-20)11-15(7-9-19(17)2)12-23-16-6-4-5-8-18-16/h4-6,8,15H,3,7,9-14H2,1-2H3/t15-/m0/s1. The summed E-state index contributed by atoms with van der Waals surface area (Å²) >= 11 is 0. The van der Waals surface area contributed by atoms with Crippen molar-refractivity contribution in [1.82, 2.24) is 14.2 Å². The Labute approximate surface area is 144 Å². The Balaban J connectivity index is 1.57. The lowest BCUT2D eigenvalue weighted by Gasteiger charge is -2.57. The zero-order valence-electron chi connectivity index (χ0n) is 14.5. The van der Waals surface area contributed by atoms with E-state index in [-0.39, 0.29) is 11.3 Å². The summed E-state index contributed by atoms with van der Waals surface area (Å²) in [6.07, 6.45) is 4.46. The number of nitrogens with zero attached hydrogens (tertiary/aromatic N) is 3. The summed E-state index contributed by atoms with van der Waals surface area (Å²) < 4.78 is 31.9. The lowest BCUT2D eigenvalue weighted by Crippen LogP contribution is -2.72. The first-order chi connectivity index (χ1) is 11.5. The molecule has 134 valence electrons. The Morgan fingerprint density at radius 3 is 2.83 bits per heavy atom. The third-order valence-electron chi connectivity index (χ3n) is 5.25. The molecule has 0 aliphatic carbocycles. The second-order valence-electron chi connectivity index (χ2n) is 7.07. The van der Waals surface area contributed by atoms with E-state index < -0.39 is 10.0 Å². The summed E-state index contributed by atoms with van der Waals surface area (Å²) in [7, 11) is -0.969. The molecule has 1 spiro atoms. The predicted molar refractivity (Wildman–Crippen MR) is 93.5 cm³/mol. The minimum absolute atomic E-state index is 0.0167. The predicted octanol–water partition coefficient (Wildman–Crippen LogP) is 1.60. The van der Waals surface area contributed by atoms with Gasteiger partial charge in [-0.05, 0) is 44.8 Å². The van der Waals surface area contributed by atoms with Gasteiger partial charge in [0, 0.05) is 30.9 Å². The Hall–Kier alpha value is -1.18. The third-order valence-corrected chi connectivity index (χ3v) is 7.22. The number of hydrogen-bond donors (Lipinski definition) is 0. The molecule has 0 bridgehead atoms. The van der Waals surface area contributed by atoms with Crippen LogP contribution in [-0.2, 0) is 10.0 Å². The van der Waals surface area contributed by atoms with E-state index in [1.165, 1.54) is 0 Å². The monoisotopic (exact) mass is 353 g/mol. The number of likely N-dealkylation sites (N-methyl/N-ethyl adjacent to an activating group) is 1. The number of piperidine rings is 1. The van der Waals surface area contributed by atoms with Crippen LogP contribution in [0.1, 0.15) is 26.2 Å². The van der Waals surface area contributed by atoms with E-state index in [2.05, 4.69) is 16.9 Å². The molecule has 0 amide bonds. The number of hydrogen-bond acceptors (Lipinski definition) is 5. The van der Waals surface area contributed by atoms with E-state index >= 15 is 0 Å². The SMILES string of the molecule is CCCS(=O)(=O)N1CC2(C[C@@H](COc3ccccn3)CCN2C)C1. The largest absolute Gasteiger partial charge is 0.477 e. The summed E-state index contributed by atoms with van der Waals surface area (Å²) in [5, 5.41) is 0. The highest BCUT2D eigenvalue weighted by molar-refractivity contribution is 7.89. The van der Waals surface area contributed by atoms with Crippen molar-refractivity contribution < 1.29 is 13.2 Å². The second kappa shape index (κ2) is 6.98. The molecule has 1 aromatic rings. The van der Waals surface area contributed by atoms with Crippen molar-refractivity contribution in [1.29, 1.82) is 0 Å². The fourth-order valence-electron chi connectivity index (χ4n) is 3.75. The zero-order chi connectivity index (χ0) is 17.2. The number of ether oxygens (including phenoxy) is 1. The van der Waals surface area contributed by atoms with Crippen molar-refractivity contribution in [2.75, 3.05) is 39.0 Å². The average Bonchev–Trinajstić information content (AvgIpc) is 2.53. The minimum atomic E-state index is -3.08. The smallest absolute Gasteiger partial charge is 0.214 e. The fourth-order valence-corrected chi connectivity index (χ4v) is 5.40. The highest BCUT2D eigenvalue weighted by Crippen LogP contribution is 2.39. The van der Waals surface area contributed by atoms with Gasteiger partial charge >= 0.3 is 0 Å². The fraction of sp³-hybridized carbons (Fsp3) is 0.706. The van der Waals surface area contributed by atoms with Crippen LogP contribution < -0.4 is 4.74 Å². The molecule has 2 fully saturated rings. The van der Waals surface area contributed by atoms with Gasteiger partial charge in [0.1, 0.15) is 0 Å². The van der Waals surface area contributed by atoms with Crippen LogP contribution >= 0.6 is 0 Å². The molecule has 0 N–H and O–H groups in total. The van der Waals surface area contributed by atoms with Crippen molar-refractivity contribution in [2.45, 2.75) is 31.7 Å². The van der Waals surface area contributed by atoms with E-state index in [9.17, 15) is 8.42 Å². The molecule has 2 aliphatic heterocycles. The molecule has 1 aromatic heterocycles. The molecule has 0 unspecified atom stereocenters. The van der Waals surface area contributed by atoms with E-state index in [0.717, 1.165) is 19.4 Å². The third kappa shape index (κ3) is 3.58. The number of rotatable bonds is 6. The van der Waals surface area contributed by atoms with Gasteiger partial charge in [0.15, 0.2) is 0 Å². The first-order valence-electron chi connectivity index (χ1n) is 8.68. The van der Waals surface area contributed by atoms with E-state index in [0.29, 0.717) is 37.9 Å². The maximum absolute atomic E-state index is 12.2. The van der Waals surface area contributed by atoms with Gasteiger partial charge in [0.05, 0.1) is 12.4 Å². The van der Waals surface area contributed by atoms with E-state index in [1.807, 2.05) is 25.1 Å². The van der Waals surface area contributed by atoms with E-state index in [4.69, 9.17) is 4.74 Å². The average molecular weight is 353 g/mol. The maximum Gasteiger partial charge on any atom is 0.214 e. The topological polar surface area (TPSA) is 62.7 Å². The van der Waals surface area contributed by atoms with Crippen LogP contribution in [-0.4, -0.2) is 67.2 Å². The molecule has 2 aliphatic rings. The maximum atomic E-state index is 12.2. The van der Waals surface area contributed by atoms with E-state index in [1.54, 1.807) is 10.5 Å². The highest BCUT2D eigenvalue weighted by atomic mass is 32.2. The number of pyridine rings is 1. The van der Waals surface area contributed by atoms with Crippen LogP contribution in [0.15, 0.2) is 24.4 Å². The summed E-state index contributed by atoms with van der Waals surface area (Å²) in [6.45, 7) is 4.77. The highest BCUT2D eigenvalue weighted by Gasteiger charge is 2.52. The van der Waals surface area contributed by atoms with Gasteiger partial charge in [-0.3, -0.25) is 4.90 Å². The van der Waals surface area contributed by atoms with Gasteiger partial charge < -0.3 is 4.74 Å². The molecule has 1 atom stereocenters. The van der Waals surface area contributed by atoms with Gasteiger partial charge in [-0.25, -0.2) is 13.4 Å². The van der Waals surface area contributed by atoms with Crippen molar-refractivity contribution in [3.63, 3.8) is 0 Å². The molecule has 24 heavy (non-hydrogen) atoms. The van der Waals surface area contributed by atoms with Crippen molar-refractivity contribution >= 4 is 10.0 Å². The summed E-state index contributed by atoms with van der Waals surface area (Å²) in [5.74, 6) is 1.35. The van der Waals surface area contributed by atoms with Gasteiger partial charge in [-0.1, -0.05) is 13.0 Å². The lowest BCUT2D eigenvalue weighted by molar-refractivity contribution is -0.0498. The Morgan fingerprint density at radius 2 is 2.17 bits per heavy atom. The molecule has 6 nitrogen and oxygen atoms in total. The zero-order valence-corrected chi connectivity index (χ0v) is 15.3.